The Bertz CT molecular complexity index is 1450. The van der Waals surface area contributed by atoms with Gasteiger partial charge in [0.15, 0.2) is 29.3 Å². The van der Waals surface area contributed by atoms with Crippen molar-refractivity contribution in [1.82, 2.24) is 0 Å². The van der Waals surface area contributed by atoms with Crippen molar-refractivity contribution in [3.8, 4) is 28.7 Å². The van der Waals surface area contributed by atoms with Crippen LogP contribution in [0.25, 0.3) is 0 Å². The zero-order valence-corrected chi connectivity index (χ0v) is 25.0. The van der Waals surface area contributed by atoms with Gasteiger partial charge in [-0.25, -0.2) is 0 Å². The first kappa shape index (κ1) is 32.1. The van der Waals surface area contributed by atoms with Gasteiger partial charge in [-0.3, -0.25) is 4.79 Å². The molecule has 0 spiro atoms. The van der Waals surface area contributed by atoms with Crippen molar-refractivity contribution in [2.45, 2.75) is 68.1 Å². The van der Waals surface area contributed by atoms with E-state index in [2.05, 4.69) is 0 Å². The number of carbonyl (C=O) groups excluding carboxylic acids is 1. The number of hydrogen-bond donors (Lipinski definition) is 6. The first-order valence-electron chi connectivity index (χ1n) is 15.3. The molecule has 3 fully saturated rings. The molecule has 0 aliphatic carbocycles. The van der Waals surface area contributed by atoms with Gasteiger partial charge < -0.3 is 73.3 Å². The molecule has 5 aliphatic rings. The largest absolute Gasteiger partial charge is 0.465 e. The summed E-state index contributed by atoms with van der Waals surface area (Å²) in [6, 6.07) is 8.82. The third kappa shape index (κ3) is 6.28. The fraction of sp³-hybridized carbons (Fsp3) is 0.581. The molecule has 11 unspecified atom stereocenters. The van der Waals surface area contributed by atoms with E-state index in [-0.39, 0.29) is 44.3 Å². The lowest BCUT2D eigenvalue weighted by atomic mass is 9.84. The van der Waals surface area contributed by atoms with Crippen molar-refractivity contribution in [2.75, 3.05) is 33.4 Å². The first-order valence-corrected chi connectivity index (χ1v) is 15.3. The van der Waals surface area contributed by atoms with Crippen LogP contribution in [-0.4, -0.2) is 125 Å². The molecule has 16 heteroatoms. The van der Waals surface area contributed by atoms with Gasteiger partial charge in [0.05, 0.1) is 25.7 Å². The summed E-state index contributed by atoms with van der Waals surface area (Å²) >= 11 is 0. The molecule has 47 heavy (non-hydrogen) atoms. The van der Waals surface area contributed by atoms with Crippen LogP contribution in [0.5, 0.6) is 28.7 Å². The minimum atomic E-state index is -1.72. The zero-order valence-electron chi connectivity index (χ0n) is 25.0. The van der Waals surface area contributed by atoms with E-state index in [1.165, 1.54) is 6.07 Å². The molecule has 0 radical (unpaired) electrons. The van der Waals surface area contributed by atoms with Crippen LogP contribution in [0.3, 0.4) is 0 Å². The second kappa shape index (κ2) is 13.2. The summed E-state index contributed by atoms with van der Waals surface area (Å²) in [6.07, 6.45) is -12.4. The molecular formula is C31H36O16. The third-order valence-corrected chi connectivity index (χ3v) is 9.08. The SMILES string of the molecule is O=C1OCC(Cc2ccc3c(c2)OCO3)C1Cc1cc2c(cc1OC1OC(COC3OC(CO)C(O)C3O)C(O)C(O)C1O)OCO2. The zero-order chi connectivity index (χ0) is 32.8. The smallest absolute Gasteiger partial charge is 0.309 e. The number of hydrogen-bond acceptors (Lipinski definition) is 16. The predicted octanol–water partition coefficient (Wildman–Crippen LogP) is -1.64. The number of aliphatic hydroxyl groups excluding tert-OH is 6. The minimum absolute atomic E-state index is 0.0375. The van der Waals surface area contributed by atoms with Gasteiger partial charge >= 0.3 is 5.97 Å². The Morgan fingerprint density at radius 1 is 0.702 bits per heavy atom. The van der Waals surface area contributed by atoms with Crippen LogP contribution in [0.15, 0.2) is 30.3 Å². The Morgan fingerprint density at radius 2 is 1.36 bits per heavy atom. The molecule has 11 atom stereocenters. The van der Waals surface area contributed by atoms with Gasteiger partial charge in [0.2, 0.25) is 19.9 Å². The lowest BCUT2D eigenvalue weighted by Crippen LogP contribution is -2.60. The maximum Gasteiger partial charge on any atom is 0.309 e. The third-order valence-electron chi connectivity index (χ3n) is 9.08. The van der Waals surface area contributed by atoms with Crippen molar-refractivity contribution in [3.63, 3.8) is 0 Å². The molecule has 2 aromatic rings. The number of esters is 1. The Balaban J connectivity index is 1.08. The number of aliphatic hydroxyl groups is 6. The highest BCUT2D eigenvalue weighted by atomic mass is 16.7. The summed E-state index contributed by atoms with van der Waals surface area (Å²) in [5.74, 6) is 1.11. The topological polar surface area (TPSA) is 222 Å². The Morgan fingerprint density at radius 3 is 2.11 bits per heavy atom. The van der Waals surface area contributed by atoms with Crippen molar-refractivity contribution in [2.24, 2.45) is 11.8 Å². The lowest BCUT2D eigenvalue weighted by Gasteiger charge is -2.40. The second-order valence-electron chi connectivity index (χ2n) is 12.1. The van der Waals surface area contributed by atoms with Crippen LogP contribution in [-0.2, 0) is 36.6 Å². The number of benzene rings is 2. The molecule has 0 amide bonds. The molecule has 5 heterocycles. The van der Waals surface area contributed by atoms with Crippen molar-refractivity contribution >= 4 is 5.97 Å². The Hall–Kier alpha value is -3.45. The first-order chi connectivity index (χ1) is 22.7. The number of ether oxygens (including phenoxy) is 9. The van der Waals surface area contributed by atoms with Gasteiger partial charge in [-0.2, -0.15) is 0 Å². The molecule has 3 saturated heterocycles. The molecule has 0 saturated carbocycles. The number of cyclic esters (lactones) is 1. The molecule has 6 N–H and O–H groups in total. The van der Waals surface area contributed by atoms with E-state index in [9.17, 15) is 35.4 Å². The van der Waals surface area contributed by atoms with E-state index in [0.717, 1.165) is 5.56 Å². The van der Waals surface area contributed by atoms with E-state index in [1.54, 1.807) is 6.07 Å². The maximum absolute atomic E-state index is 13.0. The fourth-order valence-electron chi connectivity index (χ4n) is 6.37. The van der Waals surface area contributed by atoms with Crippen molar-refractivity contribution in [3.05, 3.63) is 41.5 Å². The van der Waals surface area contributed by atoms with E-state index in [0.29, 0.717) is 35.0 Å². The predicted molar refractivity (Wildman–Crippen MR) is 151 cm³/mol. The molecule has 16 nitrogen and oxygen atoms in total. The standard InChI is InChI=1S/C31H36O16/c32-8-22-24(33)27(36)30(46-22)40-10-23-25(34)26(35)28(37)31(47-23)45-18-7-21-20(43-12-44-21)6-14(18)5-16-15(9-39-29(16)38)3-13-1-2-17-19(4-13)42-11-41-17/h1-2,4,6-7,15-16,22-28,30-37H,3,5,8-12H2. The minimum Gasteiger partial charge on any atom is -0.465 e. The van der Waals surface area contributed by atoms with Crippen LogP contribution < -0.4 is 23.7 Å². The monoisotopic (exact) mass is 664 g/mol. The van der Waals surface area contributed by atoms with E-state index in [4.69, 9.17) is 42.6 Å². The van der Waals surface area contributed by atoms with Gasteiger partial charge in [0, 0.05) is 12.0 Å². The van der Waals surface area contributed by atoms with Gasteiger partial charge in [-0.05, 0) is 42.2 Å². The van der Waals surface area contributed by atoms with E-state index < -0.39 is 74.4 Å². The summed E-state index contributed by atoms with van der Waals surface area (Å²) in [6.45, 7) is -0.678. The maximum atomic E-state index is 13.0. The number of fused-ring (bicyclic) bond motifs is 2. The summed E-state index contributed by atoms with van der Waals surface area (Å²) in [7, 11) is 0. The average Bonchev–Trinajstić information content (AvgIpc) is 3.86. The van der Waals surface area contributed by atoms with Gasteiger partial charge in [-0.1, -0.05) is 6.07 Å². The van der Waals surface area contributed by atoms with Crippen LogP contribution in [0, 0.1) is 11.8 Å². The van der Waals surface area contributed by atoms with Crippen molar-refractivity contribution < 1.29 is 78.1 Å². The van der Waals surface area contributed by atoms with Crippen LogP contribution in [0.4, 0.5) is 0 Å². The normalized spacial score (nSPS) is 35.7. The number of carbonyl (C=O) groups is 1. The fourth-order valence-corrected chi connectivity index (χ4v) is 6.37. The molecule has 5 aliphatic heterocycles. The molecule has 7 rings (SSSR count). The summed E-state index contributed by atoms with van der Waals surface area (Å²) < 4.78 is 50.2. The van der Waals surface area contributed by atoms with Crippen LogP contribution in [0.2, 0.25) is 0 Å². The second-order valence-corrected chi connectivity index (χ2v) is 12.1. The highest BCUT2D eigenvalue weighted by Gasteiger charge is 2.48. The van der Waals surface area contributed by atoms with E-state index >= 15 is 0 Å². The quantitative estimate of drug-likeness (QED) is 0.157. The highest BCUT2D eigenvalue weighted by molar-refractivity contribution is 5.75. The Labute approximate surface area is 267 Å². The highest BCUT2D eigenvalue weighted by Crippen LogP contribution is 2.42. The van der Waals surface area contributed by atoms with Crippen molar-refractivity contribution in [1.29, 1.82) is 0 Å². The van der Waals surface area contributed by atoms with Gasteiger partial charge in [-0.15, -0.1) is 0 Å². The molecular weight excluding hydrogens is 628 g/mol. The summed E-state index contributed by atoms with van der Waals surface area (Å²) in [5.41, 5.74) is 1.46. The molecule has 0 bridgehead atoms. The summed E-state index contributed by atoms with van der Waals surface area (Å²) in [5, 5.41) is 61.6. The molecule has 0 aromatic heterocycles. The van der Waals surface area contributed by atoms with Crippen LogP contribution >= 0.6 is 0 Å². The average molecular weight is 665 g/mol. The molecule has 2 aromatic carbocycles. The van der Waals surface area contributed by atoms with E-state index in [1.807, 2.05) is 18.2 Å². The lowest BCUT2D eigenvalue weighted by molar-refractivity contribution is -0.290. The Kier molecular flexibility index (Phi) is 9.03. The van der Waals surface area contributed by atoms with Crippen LogP contribution in [0.1, 0.15) is 11.1 Å². The van der Waals surface area contributed by atoms with Gasteiger partial charge in [0.1, 0.15) is 48.5 Å². The summed E-state index contributed by atoms with van der Waals surface area (Å²) in [4.78, 5) is 13.0. The molecule has 256 valence electrons. The van der Waals surface area contributed by atoms with Gasteiger partial charge in [0.25, 0.3) is 0 Å². The number of rotatable bonds is 10.